The molecule has 3 unspecified atom stereocenters. The summed E-state index contributed by atoms with van der Waals surface area (Å²) in [5.41, 5.74) is -0.897. The van der Waals surface area contributed by atoms with E-state index in [2.05, 4.69) is 25.1 Å². The Morgan fingerprint density at radius 1 is 1.19 bits per heavy atom. The van der Waals surface area contributed by atoms with Gasteiger partial charge >= 0.3 is 29.2 Å². The van der Waals surface area contributed by atoms with Crippen molar-refractivity contribution in [1.82, 2.24) is 9.55 Å². The van der Waals surface area contributed by atoms with E-state index < -0.39 is 60.1 Å². The first-order valence-electron chi connectivity index (χ1n) is 7.78. The van der Waals surface area contributed by atoms with Crippen molar-refractivity contribution < 1.29 is 94.1 Å². The second-order valence-electron chi connectivity index (χ2n) is 5.29. The minimum atomic E-state index is -5.67. The number of phosphoric acid groups is 3. The molecule has 0 amide bonds. The molecule has 177 valence electrons. The Hall–Kier alpha value is 0.114. The van der Waals surface area contributed by atoms with Gasteiger partial charge in [-0.1, -0.05) is 0 Å². The molecule has 5 atom stereocenters. The molecule has 2 heterocycles. The van der Waals surface area contributed by atoms with E-state index in [1.54, 1.807) is 6.92 Å². The van der Waals surface area contributed by atoms with Crippen LogP contribution in [0, 0.1) is 6.92 Å². The van der Waals surface area contributed by atoms with Gasteiger partial charge in [0.15, 0.2) is 0 Å². The Balaban J connectivity index is 0.00000291. The Kier molecular flexibility index (Phi) is 12.6. The van der Waals surface area contributed by atoms with Gasteiger partial charge in [0.1, 0.15) is 12.3 Å². The number of aromatic hydroxyl groups is 1. The van der Waals surface area contributed by atoms with Gasteiger partial charge in [0, 0.05) is 51.4 Å². The van der Waals surface area contributed by atoms with E-state index >= 15 is 0 Å². The molecule has 1 saturated heterocycles. The molecule has 2 rings (SSSR count). The van der Waals surface area contributed by atoms with Crippen LogP contribution in [0.25, 0.3) is 0 Å². The van der Waals surface area contributed by atoms with Crippen LogP contribution >= 0.6 is 23.5 Å². The van der Waals surface area contributed by atoms with Gasteiger partial charge in [0.2, 0.25) is 5.88 Å². The molecule has 1 aromatic rings. The Morgan fingerprint density at radius 3 is 2.29 bits per heavy atom. The predicted octanol–water partition coefficient (Wildman–Crippen LogP) is -0.222. The van der Waals surface area contributed by atoms with E-state index in [-0.39, 0.29) is 39.1 Å². The third-order valence-corrected chi connectivity index (χ3v) is 6.95. The number of ether oxygens (including phenoxy) is 1. The molecule has 1 radical (unpaired) electrons. The SMILES string of the molecule is O=c1nc(O)ccn1[C@H]1CC(O)[C@@H](COP(=O)(O)OP(=O)(O)OP(=O)(O)O)O1.[CH2-]C.[Y]. The van der Waals surface area contributed by atoms with Crippen LogP contribution in [0.3, 0.4) is 0 Å². The van der Waals surface area contributed by atoms with E-state index in [0.717, 1.165) is 16.8 Å². The van der Waals surface area contributed by atoms with Crippen LogP contribution in [0.2, 0.25) is 0 Å². The van der Waals surface area contributed by atoms with Crippen LogP contribution < -0.4 is 5.69 Å². The predicted molar refractivity (Wildman–Crippen MR) is 95.5 cm³/mol. The molecule has 16 nitrogen and oxygen atoms in total. The fourth-order valence-electron chi connectivity index (χ4n) is 2.13. The van der Waals surface area contributed by atoms with Crippen LogP contribution in [-0.4, -0.2) is 58.2 Å². The van der Waals surface area contributed by atoms with Crippen molar-refractivity contribution in [1.29, 1.82) is 0 Å². The van der Waals surface area contributed by atoms with Crippen molar-refractivity contribution in [2.45, 2.75) is 31.8 Å². The number of hydrogen-bond acceptors (Lipinski definition) is 11. The number of hydrogen-bond donors (Lipinski definition) is 6. The number of aliphatic hydroxyl groups is 1. The second-order valence-corrected chi connectivity index (χ2v) is 9.71. The van der Waals surface area contributed by atoms with Crippen molar-refractivity contribution in [3.8, 4) is 5.88 Å². The average Bonchev–Trinajstić information content (AvgIpc) is 2.92. The molecule has 6 N–H and O–H groups in total. The van der Waals surface area contributed by atoms with Gasteiger partial charge in [0.25, 0.3) is 0 Å². The van der Waals surface area contributed by atoms with Gasteiger partial charge in [-0.05, 0) is 0 Å². The summed E-state index contributed by atoms with van der Waals surface area (Å²) < 4.78 is 51.0. The van der Waals surface area contributed by atoms with Gasteiger partial charge < -0.3 is 41.4 Å². The minimum absolute atomic E-state index is 0. The number of aromatic nitrogens is 2. The fourth-order valence-corrected chi connectivity index (χ4v) is 5.16. The number of aliphatic hydroxyl groups excluding tert-OH is 1. The van der Waals surface area contributed by atoms with Gasteiger partial charge in [-0.15, -0.1) is 0 Å². The molecular weight excluding hydrogens is 566 g/mol. The molecular formula is C11H20N2O14P3Y-. The quantitative estimate of drug-likeness (QED) is 0.170. The summed E-state index contributed by atoms with van der Waals surface area (Å²) in [5, 5.41) is 19.0. The van der Waals surface area contributed by atoms with E-state index in [9.17, 15) is 28.5 Å². The monoisotopic (exact) mass is 586 g/mol. The van der Waals surface area contributed by atoms with Gasteiger partial charge in [0.05, 0.1) is 12.7 Å². The summed E-state index contributed by atoms with van der Waals surface area (Å²) in [5.74, 6) is -0.538. The van der Waals surface area contributed by atoms with Crippen LogP contribution in [0.15, 0.2) is 17.1 Å². The minimum Gasteiger partial charge on any atom is -0.493 e. The molecule has 31 heavy (non-hydrogen) atoms. The molecule has 20 heteroatoms. The largest absolute Gasteiger partial charge is 0.493 e. The van der Waals surface area contributed by atoms with Crippen molar-refractivity contribution in [2.24, 2.45) is 0 Å². The number of nitrogens with zero attached hydrogens (tertiary/aromatic N) is 2. The van der Waals surface area contributed by atoms with Crippen molar-refractivity contribution in [3.63, 3.8) is 0 Å². The maximum absolute atomic E-state index is 11.7. The first-order valence-corrected chi connectivity index (χ1v) is 12.3. The van der Waals surface area contributed by atoms with Crippen LogP contribution in [0.4, 0.5) is 0 Å². The van der Waals surface area contributed by atoms with Crippen LogP contribution in [0.5, 0.6) is 5.88 Å². The fraction of sp³-hybridized carbons (Fsp3) is 0.545. The molecule has 0 saturated carbocycles. The summed E-state index contributed by atoms with van der Waals surface area (Å²) in [4.78, 5) is 50.2. The van der Waals surface area contributed by atoms with Crippen molar-refractivity contribution >= 4 is 23.5 Å². The molecule has 0 spiro atoms. The van der Waals surface area contributed by atoms with E-state index in [1.807, 2.05) is 0 Å². The van der Waals surface area contributed by atoms with E-state index in [0.29, 0.717) is 0 Å². The van der Waals surface area contributed by atoms with Gasteiger partial charge in [-0.25, -0.2) is 18.5 Å². The standard InChI is InChI=1S/C9H15N2O14P3.C2H5.Y/c12-5-3-8(11-2-1-7(13)10-9(11)14)23-6(5)4-22-27(18,19)25-28(20,21)24-26(15,16)17;1-2;/h1-2,5-6,8,12H,3-4H2,(H,18,19)(H,20,21)(H,10,13,14)(H2,15,16,17);1H2,2H3;/q;-1;/t5?,6-,8-;;/m1../s1. The van der Waals surface area contributed by atoms with Crippen molar-refractivity contribution in [2.75, 3.05) is 6.61 Å². The summed E-state index contributed by atoms with van der Waals surface area (Å²) in [7, 11) is -16.6. The number of phosphoric ester groups is 1. The Morgan fingerprint density at radius 2 is 1.77 bits per heavy atom. The van der Waals surface area contributed by atoms with Crippen LogP contribution in [0.1, 0.15) is 19.6 Å². The summed E-state index contributed by atoms with van der Waals surface area (Å²) in [6, 6.07) is 1.08. The number of rotatable bonds is 8. The Labute approximate surface area is 200 Å². The smallest absolute Gasteiger partial charge is 0.490 e. The zero-order chi connectivity index (χ0) is 23.3. The van der Waals surface area contributed by atoms with Crippen LogP contribution in [-0.2, 0) is 64.3 Å². The Bertz CT molecular complexity index is 921. The molecule has 0 aliphatic carbocycles. The van der Waals surface area contributed by atoms with E-state index in [4.69, 9.17) is 24.5 Å². The molecule has 0 aromatic carbocycles. The first kappa shape index (κ1) is 31.1. The summed E-state index contributed by atoms with van der Waals surface area (Å²) in [6.07, 6.45) is -2.71. The average molecular weight is 586 g/mol. The molecule has 1 fully saturated rings. The molecule has 1 aliphatic heterocycles. The third kappa shape index (κ3) is 10.7. The zero-order valence-electron chi connectivity index (χ0n) is 15.8. The topological polar surface area (TPSA) is 244 Å². The third-order valence-electron chi connectivity index (χ3n) is 3.15. The first-order chi connectivity index (χ1) is 13.7. The van der Waals surface area contributed by atoms with Crippen molar-refractivity contribution in [3.05, 3.63) is 29.7 Å². The van der Waals surface area contributed by atoms with Gasteiger partial charge in [-0.3, -0.25) is 9.09 Å². The summed E-state index contributed by atoms with van der Waals surface area (Å²) in [6.45, 7) is 4.13. The van der Waals surface area contributed by atoms with Gasteiger partial charge in [-0.2, -0.15) is 20.5 Å². The second kappa shape index (κ2) is 12.5. The van der Waals surface area contributed by atoms with E-state index in [1.165, 1.54) is 0 Å². The maximum atomic E-state index is 11.7. The maximum Gasteiger partial charge on any atom is 0.490 e. The summed E-state index contributed by atoms with van der Waals surface area (Å²) >= 11 is 0. The zero-order valence-corrected chi connectivity index (χ0v) is 21.3. The normalized spacial score (nSPS) is 24.8. The molecule has 1 aliphatic rings. The molecule has 1 aromatic heterocycles. The molecule has 0 bridgehead atoms.